The van der Waals surface area contributed by atoms with E-state index in [1.165, 1.54) is 0 Å². The Kier molecular flexibility index (Phi) is 5.58. The molecule has 6 heteroatoms. The fourth-order valence-electron chi connectivity index (χ4n) is 2.72. The lowest BCUT2D eigenvalue weighted by atomic mass is 10.00. The third-order valence-corrected chi connectivity index (χ3v) is 4.36. The van der Waals surface area contributed by atoms with Crippen molar-refractivity contribution in [3.05, 3.63) is 28.5 Å². The average Bonchev–Trinajstić information content (AvgIpc) is 2.44. The van der Waals surface area contributed by atoms with Crippen molar-refractivity contribution in [1.29, 1.82) is 0 Å². The molecule has 2 rings (SSSR count). The molecule has 0 radical (unpaired) electrons. The van der Waals surface area contributed by atoms with E-state index in [0.29, 0.717) is 12.1 Å². The Balaban J connectivity index is 1.95. The minimum Gasteiger partial charge on any atom is -0.373 e. The zero-order valence-corrected chi connectivity index (χ0v) is 15.2. The predicted molar refractivity (Wildman–Crippen MR) is 89.9 cm³/mol. The van der Waals surface area contributed by atoms with Gasteiger partial charge >= 0.3 is 0 Å². The van der Waals surface area contributed by atoms with Gasteiger partial charge in [-0.3, -0.25) is 14.7 Å². The molecule has 0 aromatic carbocycles. The van der Waals surface area contributed by atoms with Gasteiger partial charge in [0.1, 0.15) is 0 Å². The highest BCUT2D eigenvalue weighted by Gasteiger charge is 2.33. The molecule has 0 aliphatic carbocycles. The van der Waals surface area contributed by atoms with Crippen LogP contribution in [0.4, 0.5) is 0 Å². The normalized spacial score (nSPS) is 23.3. The maximum absolute atomic E-state index is 12.2. The summed E-state index contributed by atoms with van der Waals surface area (Å²) < 4.78 is 6.58. The minimum absolute atomic E-state index is 0.101. The first kappa shape index (κ1) is 17.4. The number of ether oxygens (including phenoxy) is 1. The van der Waals surface area contributed by atoms with Crippen LogP contribution in [0.5, 0.6) is 0 Å². The molecule has 1 N–H and O–H groups in total. The number of carbonyl (C=O) groups excluding carboxylic acids is 1. The summed E-state index contributed by atoms with van der Waals surface area (Å²) in [6.07, 6.45) is 3.67. The van der Waals surface area contributed by atoms with Gasteiger partial charge in [-0.15, -0.1) is 0 Å². The van der Waals surface area contributed by atoms with Gasteiger partial charge in [-0.25, -0.2) is 0 Å². The van der Waals surface area contributed by atoms with Crippen molar-refractivity contribution in [2.45, 2.75) is 45.4 Å². The van der Waals surface area contributed by atoms with Crippen molar-refractivity contribution in [3.63, 3.8) is 0 Å². The molecule has 0 unspecified atom stereocenters. The molecule has 0 bridgehead atoms. The third-order valence-electron chi connectivity index (χ3n) is 3.92. The Morgan fingerprint density at radius 1 is 1.41 bits per heavy atom. The molecular formula is C16H24BrN3O2. The molecule has 22 heavy (non-hydrogen) atoms. The number of hydrogen-bond acceptors (Lipinski definition) is 4. The van der Waals surface area contributed by atoms with E-state index in [1.807, 2.05) is 0 Å². The molecule has 122 valence electrons. The molecule has 1 aliphatic rings. The molecule has 1 saturated heterocycles. The Morgan fingerprint density at radius 3 is 2.64 bits per heavy atom. The van der Waals surface area contributed by atoms with Crippen molar-refractivity contribution < 1.29 is 9.53 Å². The Hall–Kier alpha value is -0.980. The van der Waals surface area contributed by atoms with Gasteiger partial charge in [-0.2, -0.15) is 0 Å². The molecule has 1 fully saturated rings. The minimum atomic E-state index is -0.124. The standard InChI is InChI=1S/C16H24BrN3O2/c1-11-8-20(9-12(2)22-11)16(3,4)10-19-15(21)13-5-14(17)7-18-6-13/h5-7,11-12H,8-10H2,1-4H3,(H,19,21)/t11-,12+. The summed E-state index contributed by atoms with van der Waals surface area (Å²) >= 11 is 3.33. The van der Waals surface area contributed by atoms with Crippen molar-refractivity contribution in [3.8, 4) is 0 Å². The molecule has 1 aromatic rings. The van der Waals surface area contributed by atoms with Gasteiger partial charge in [0.05, 0.1) is 17.8 Å². The van der Waals surface area contributed by atoms with Crippen LogP contribution in [0.2, 0.25) is 0 Å². The van der Waals surface area contributed by atoms with Crippen LogP contribution in [0.25, 0.3) is 0 Å². The van der Waals surface area contributed by atoms with E-state index in [1.54, 1.807) is 18.5 Å². The molecule has 2 atom stereocenters. The monoisotopic (exact) mass is 369 g/mol. The summed E-state index contributed by atoms with van der Waals surface area (Å²) in [7, 11) is 0. The number of nitrogens with zero attached hydrogens (tertiary/aromatic N) is 2. The Morgan fingerprint density at radius 2 is 2.05 bits per heavy atom. The van der Waals surface area contributed by atoms with Gasteiger partial charge in [0.25, 0.3) is 5.91 Å². The van der Waals surface area contributed by atoms with Crippen LogP contribution < -0.4 is 5.32 Å². The average molecular weight is 370 g/mol. The summed E-state index contributed by atoms with van der Waals surface area (Å²) in [6, 6.07) is 1.77. The van der Waals surface area contributed by atoms with Crippen LogP contribution >= 0.6 is 15.9 Å². The van der Waals surface area contributed by atoms with E-state index in [-0.39, 0.29) is 23.7 Å². The number of hydrogen-bond donors (Lipinski definition) is 1. The topological polar surface area (TPSA) is 54.5 Å². The lowest BCUT2D eigenvalue weighted by Gasteiger charge is -2.45. The van der Waals surface area contributed by atoms with Crippen LogP contribution in [0.3, 0.4) is 0 Å². The number of halogens is 1. The van der Waals surface area contributed by atoms with Crippen LogP contribution in [0, 0.1) is 0 Å². The van der Waals surface area contributed by atoms with Gasteiger partial charge in [-0.1, -0.05) is 0 Å². The molecular weight excluding hydrogens is 346 g/mol. The fourth-order valence-corrected chi connectivity index (χ4v) is 3.08. The second kappa shape index (κ2) is 7.06. The van der Waals surface area contributed by atoms with E-state index in [2.05, 4.69) is 58.8 Å². The first-order chi connectivity index (χ1) is 10.3. The van der Waals surface area contributed by atoms with Crippen molar-refractivity contribution in [1.82, 2.24) is 15.2 Å². The van der Waals surface area contributed by atoms with Crippen LogP contribution in [-0.2, 0) is 4.74 Å². The second-order valence-electron chi connectivity index (χ2n) is 6.55. The van der Waals surface area contributed by atoms with Gasteiger partial charge in [0.15, 0.2) is 0 Å². The highest BCUT2D eigenvalue weighted by atomic mass is 79.9. The van der Waals surface area contributed by atoms with Gasteiger partial charge < -0.3 is 10.1 Å². The number of rotatable bonds is 4. The van der Waals surface area contributed by atoms with E-state index in [4.69, 9.17) is 4.74 Å². The zero-order valence-electron chi connectivity index (χ0n) is 13.6. The molecule has 0 spiro atoms. The summed E-state index contributed by atoms with van der Waals surface area (Å²) in [5.41, 5.74) is 0.440. The van der Waals surface area contributed by atoms with E-state index in [0.717, 1.165) is 17.6 Å². The van der Waals surface area contributed by atoms with Crippen molar-refractivity contribution in [2.75, 3.05) is 19.6 Å². The highest BCUT2D eigenvalue weighted by molar-refractivity contribution is 9.10. The van der Waals surface area contributed by atoms with Crippen molar-refractivity contribution in [2.24, 2.45) is 0 Å². The summed E-state index contributed by atoms with van der Waals surface area (Å²) in [6.45, 7) is 10.8. The predicted octanol–water partition coefficient (Wildman–Crippen LogP) is 2.46. The molecule has 1 amide bonds. The molecule has 2 heterocycles. The number of pyridine rings is 1. The van der Waals surface area contributed by atoms with E-state index >= 15 is 0 Å². The van der Waals surface area contributed by atoms with E-state index in [9.17, 15) is 4.79 Å². The molecule has 5 nitrogen and oxygen atoms in total. The number of morpholine rings is 1. The zero-order chi connectivity index (χ0) is 16.3. The largest absolute Gasteiger partial charge is 0.373 e. The summed E-state index contributed by atoms with van der Waals surface area (Å²) in [4.78, 5) is 18.6. The maximum Gasteiger partial charge on any atom is 0.252 e. The highest BCUT2D eigenvalue weighted by Crippen LogP contribution is 2.20. The quantitative estimate of drug-likeness (QED) is 0.885. The number of amides is 1. The number of carbonyl (C=O) groups is 1. The Labute approximate surface area is 140 Å². The first-order valence-electron chi connectivity index (χ1n) is 7.57. The Bertz CT molecular complexity index is 526. The smallest absolute Gasteiger partial charge is 0.252 e. The second-order valence-corrected chi connectivity index (χ2v) is 7.46. The number of aromatic nitrogens is 1. The number of nitrogens with one attached hydrogen (secondary N) is 1. The van der Waals surface area contributed by atoms with Crippen molar-refractivity contribution >= 4 is 21.8 Å². The first-order valence-corrected chi connectivity index (χ1v) is 8.36. The van der Waals surface area contributed by atoms with Gasteiger partial charge in [0.2, 0.25) is 0 Å². The van der Waals surface area contributed by atoms with E-state index < -0.39 is 0 Å². The van der Waals surface area contributed by atoms with Crippen LogP contribution in [0.15, 0.2) is 22.9 Å². The molecule has 1 aromatic heterocycles. The summed E-state index contributed by atoms with van der Waals surface area (Å²) in [5.74, 6) is -0.101. The van der Waals surface area contributed by atoms with Gasteiger partial charge in [-0.05, 0) is 49.7 Å². The third kappa shape index (κ3) is 4.51. The maximum atomic E-state index is 12.2. The fraction of sp³-hybridized carbons (Fsp3) is 0.625. The molecule has 1 aliphatic heterocycles. The van der Waals surface area contributed by atoms with Crippen LogP contribution in [-0.4, -0.2) is 53.2 Å². The lowest BCUT2D eigenvalue weighted by Crippen LogP contribution is -2.58. The lowest BCUT2D eigenvalue weighted by molar-refractivity contribution is -0.0948. The molecule has 0 saturated carbocycles. The van der Waals surface area contributed by atoms with Crippen LogP contribution in [0.1, 0.15) is 38.1 Å². The SMILES string of the molecule is C[C@@H]1CN(C(C)(C)CNC(=O)c2cncc(Br)c2)C[C@H](C)O1. The van der Waals surface area contributed by atoms with Gasteiger partial charge in [0, 0.05) is 42.0 Å². The summed E-state index contributed by atoms with van der Waals surface area (Å²) in [5, 5.41) is 3.01.